The molecule has 116 valence electrons. The van der Waals surface area contributed by atoms with Crippen molar-refractivity contribution in [1.29, 1.82) is 0 Å². The van der Waals surface area contributed by atoms with Crippen LogP contribution in [0.2, 0.25) is 11.1 Å². The zero-order valence-electron chi connectivity index (χ0n) is 14.1. The lowest BCUT2D eigenvalue weighted by atomic mass is 10.2. The van der Waals surface area contributed by atoms with Crippen LogP contribution >= 0.6 is 0 Å². The number of rotatable bonds is 12. The van der Waals surface area contributed by atoms with Gasteiger partial charge in [0.2, 0.25) is 0 Å². The first-order valence-corrected chi connectivity index (χ1v) is 10.8. The Hall–Kier alpha value is 0.137. The van der Waals surface area contributed by atoms with E-state index in [4.69, 9.17) is 9.47 Å². The number of hydrogen-bond donors (Lipinski definition) is 0. The van der Waals surface area contributed by atoms with Crippen molar-refractivity contribution in [3.63, 3.8) is 0 Å². The van der Waals surface area contributed by atoms with Gasteiger partial charge in [-0.3, -0.25) is 0 Å². The molecule has 3 heteroatoms. The lowest BCUT2D eigenvalue weighted by molar-refractivity contribution is 0.157. The van der Waals surface area contributed by atoms with Gasteiger partial charge in [0.15, 0.2) is 0 Å². The Morgan fingerprint density at radius 3 is 1.37 bits per heavy atom. The van der Waals surface area contributed by atoms with Crippen molar-refractivity contribution in [2.24, 2.45) is 0 Å². The van der Waals surface area contributed by atoms with Gasteiger partial charge in [-0.1, -0.05) is 53.4 Å². The Labute approximate surface area is 122 Å². The second-order valence-electron chi connectivity index (χ2n) is 5.89. The van der Waals surface area contributed by atoms with Gasteiger partial charge in [-0.15, -0.1) is 0 Å². The van der Waals surface area contributed by atoms with Crippen molar-refractivity contribution in [3.05, 3.63) is 0 Å². The van der Waals surface area contributed by atoms with Crippen LogP contribution in [0, 0.1) is 0 Å². The van der Waals surface area contributed by atoms with Crippen LogP contribution in [-0.4, -0.2) is 33.7 Å². The Morgan fingerprint density at radius 2 is 1.11 bits per heavy atom. The van der Waals surface area contributed by atoms with E-state index in [-0.39, 0.29) is 0 Å². The summed E-state index contributed by atoms with van der Waals surface area (Å²) in [5, 5.41) is 0. The van der Waals surface area contributed by atoms with Gasteiger partial charge in [0.25, 0.3) is 0 Å². The molecule has 2 unspecified atom stereocenters. The normalized spacial score (nSPS) is 15.5. The highest BCUT2D eigenvalue weighted by atomic mass is 28.3. The molecule has 19 heavy (non-hydrogen) atoms. The molecule has 0 saturated heterocycles. The third kappa shape index (κ3) is 5.97. The molecule has 0 rings (SSSR count). The van der Waals surface area contributed by atoms with Crippen LogP contribution in [0.5, 0.6) is 0 Å². The highest BCUT2D eigenvalue weighted by Crippen LogP contribution is 2.39. The molecule has 0 heterocycles. The van der Waals surface area contributed by atoms with Crippen molar-refractivity contribution < 1.29 is 9.47 Å². The first-order chi connectivity index (χ1) is 9.08. The summed E-state index contributed by atoms with van der Waals surface area (Å²) >= 11 is 0. The molecule has 0 amide bonds. The monoisotopic (exact) mass is 288 g/mol. The maximum Gasteiger partial charge on any atom is 0.118 e. The molecule has 0 spiro atoms. The second-order valence-corrected chi connectivity index (χ2v) is 10.9. The SMILES string of the molecule is CCCC(C)[Si](COCC)(COCC)C(C)CCC. The Bertz CT molecular complexity index is 187. The molecule has 0 aliphatic heterocycles. The smallest absolute Gasteiger partial charge is 0.118 e. The molecule has 0 radical (unpaired) electrons. The van der Waals surface area contributed by atoms with E-state index in [1.165, 1.54) is 25.7 Å². The molecule has 0 aromatic carbocycles. The predicted molar refractivity (Wildman–Crippen MR) is 87.4 cm³/mol. The summed E-state index contributed by atoms with van der Waals surface area (Å²) in [5.74, 6) is 0. The van der Waals surface area contributed by atoms with E-state index >= 15 is 0 Å². The first kappa shape index (κ1) is 19.1. The molecule has 0 aromatic rings. The van der Waals surface area contributed by atoms with E-state index in [0.29, 0.717) is 0 Å². The molecule has 0 aliphatic carbocycles. The highest BCUT2D eigenvalue weighted by molar-refractivity contribution is 6.82. The second kappa shape index (κ2) is 10.9. The fourth-order valence-electron chi connectivity index (χ4n) is 3.12. The minimum Gasteiger partial charge on any atom is -0.385 e. The van der Waals surface area contributed by atoms with Crippen LogP contribution < -0.4 is 0 Å². The van der Waals surface area contributed by atoms with Crippen molar-refractivity contribution >= 4 is 8.07 Å². The zero-order chi connectivity index (χ0) is 14.7. The third-order valence-corrected chi connectivity index (χ3v) is 10.5. The van der Waals surface area contributed by atoms with E-state index in [9.17, 15) is 0 Å². The summed E-state index contributed by atoms with van der Waals surface area (Å²) in [6.07, 6.45) is 7.14. The number of ether oxygens (including phenoxy) is 2. The van der Waals surface area contributed by atoms with E-state index in [1.807, 2.05) is 0 Å². The first-order valence-electron chi connectivity index (χ1n) is 8.24. The molecule has 0 aromatic heterocycles. The summed E-state index contributed by atoms with van der Waals surface area (Å²) in [6, 6.07) is 0. The molecule has 0 N–H and O–H groups in total. The molecular formula is C16H36O2Si. The maximum atomic E-state index is 5.91. The van der Waals surface area contributed by atoms with Gasteiger partial charge in [-0.2, -0.15) is 0 Å². The van der Waals surface area contributed by atoms with Crippen molar-refractivity contribution in [1.82, 2.24) is 0 Å². The molecular weight excluding hydrogens is 252 g/mol. The average molecular weight is 289 g/mol. The summed E-state index contributed by atoms with van der Waals surface area (Å²) < 4.78 is 11.8. The molecule has 0 saturated carbocycles. The van der Waals surface area contributed by atoms with Crippen LogP contribution in [0.15, 0.2) is 0 Å². The van der Waals surface area contributed by atoms with Crippen LogP contribution in [0.4, 0.5) is 0 Å². The average Bonchev–Trinajstić information content (AvgIpc) is 2.40. The largest absolute Gasteiger partial charge is 0.385 e. The van der Waals surface area contributed by atoms with E-state index in [1.54, 1.807) is 0 Å². The molecule has 0 aliphatic rings. The molecule has 2 nitrogen and oxygen atoms in total. The minimum atomic E-state index is -1.53. The Balaban J connectivity index is 5.04. The van der Waals surface area contributed by atoms with Gasteiger partial charge in [0.05, 0.1) is 0 Å². The lowest BCUT2D eigenvalue weighted by Gasteiger charge is -2.41. The van der Waals surface area contributed by atoms with Crippen molar-refractivity contribution in [2.75, 3.05) is 25.7 Å². The van der Waals surface area contributed by atoms with Crippen molar-refractivity contribution in [2.45, 2.75) is 78.3 Å². The topological polar surface area (TPSA) is 18.5 Å². The summed E-state index contributed by atoms with van der Waals surface area (Å²) in [6.45, 7) is 15.4. The summed E-state index contributed by atoms with van der Waals surface area (Å²) in [7, 11) is -1.53. The highest BCUT2D eigenvalue weighted by Gasteiger charge is 2.43. The number of hydrogen-bond acceptors (Lipinski definition) is 2. The maximum absolute atomic E-state index is 5.91. The van der Waals surface area contributed by atoms with Crippen LogP contribution in [-0.2, 0) is 9.47 Å². The summed E-state index contributed by atoms with van der Waals surface area (Å²) in [5.41, 5.74) is 1.58. The summed E-state index contributed by atoms with van der Waals surface area (Å²) in [4.78, 5) is 0. The van der Waals surface area contributed by atoms with Gasteiger partial charge < -0.3 is 9.47 Å². The third-order valence-electron chi connectivity index (χ3n) is 4.56. The molecule has 0 fully saturated rings. The van der Waals surface area contributed by atoms with Gasteiger partial charge in [0, 0.05) is 25.7 Å². The Kier molecular flexibility index (Phi) is 10.9. The van der Waals surface area contributed by atoms with E-state index < -0.39 is 8.07 Å². The quantitative estimate of drug-likeness (QED) is 0.472. The van der Waals surface area contributed by atoms with Gasteiger partial charge in [0.1, 0.15) is 8.07 Å². The van der Waals surface area contributed by atoms with E-state index in [0.717, 1.165) is 36.8 Å². The van der Waals surface area contributed by atoms with Crippen molar-refractivity contribution in [3.8, 4) is 0 Å². The zero-order valence-corrected chi connectivity index (χ0v) is 15.1. The van der Waals surface area contributed by atoms with Crippen LogP contribution in [0.1, 0.15) is 67.2 Å². The fourth-order valence-corrected chi connectivity index (χ4v) is 8.21. The van der Waals surface area contributed by atoms with Crippen LogP contribution in [0.25, 0.3) is 0 Å². The Morgan fingerprint density at radius 1 is 0.737 bits per heavy atom. The minimum absolute atomic E-state index is 0.789. The molecule has 2 atom stereocenters. The lowest BCUT2D eigenvalue weighted by Crippen LogP contribution is -2.53. The standard InChI is InChI=1S/C16H36O2Si/c1-7-11-15(5)19(13-17-9-3,14-18-10-4)16(6)12-8-2/h15-16H,7-14H2,1-6H3. The predicted octanol–water partition coefficient (Wildman–Crippen LogP) is 4.97. The molecule has 0 bridgehead atoms. The van der Waals surface area contributed by atoms with Gasteiger partial charge >= 0.3 is 0 Å². The van der Waals surface area contributed by atoms with Gasteiger partial charge in [-0.05, 0) is 24.9 Å². The fraction of sp³-hybridized carbons (Fsp3) is 1.00. The van der Waals surface area contributed by atoms with Crippen LogP contribution in [0.3, 0.4) is 0 Å². The van der Waals surface area contributed by atoms with E-state index in [2.05, 4.69) is 41.5 Å². The van der Waals surface area contributed by atoms with Gasteiger partial charge in [-0.25, -0.2) is 0 Å².